The fourth-order valence-electron chi connectivity index (χ4n) is 4.11. The number of rotatable bonds is 3. The molecule has 0 saturated carbocycles. The van der Waals surface area contributed by atoms with Gasteiger partial charge in [0, 0.05) is 35.7 Å². The van der Waals surface area contributed by atoms with E-state index in [9.17, 15) is 0 Å². The van der Waals surface area contributed by atoms with Crippen LogP contribution >= 0.6 is 0 Å². The summed E-state index contributed by atoms with van der Waals surface area (Å²) in [6.45, 7) is 6.43. The molecule has 0 amide bonds. The van der Waals surface area contributed by atoms with Gasteiger partial charge in [0.05, 0.1) is 22.6 Å². The third-order valence-corrected chi connectivity index (χ3v) is 5.36. The Morgan fingerprint density at radius 1 is 0.621 bits per heavy atom. The number of hydrogen-bond acceptors (Lipinski definition) is 1. The molecule has 142 valence electrons. The van der Waals surface area contributed by atoms with Crippen molar-refractivity contribution in [1.82, 2.24) is 14.1 Å². The van der Waals surface area contributed by atoms with E-state index in [-0.39, 0.29) is 0 Å². The summed E-state index contributed by atoms with van der Waals surface area (Å²) in [5.74, 6) is 0. The smallest absolute Gasteiger partial charge is 0.0739 e. The molecule has 0 aliphatic carbocycles. The number of pyridine rings is 1. The molecule has 0 radical (unpaired) electrons. The maximum Gasteiger partial charge on any atom is 0.0739 e. The Kier molecular flexibility index (Phi) is 4.09. The van der Waals surface area contributed by atoms with Crippen LogP contribution in [0.2, 0.25) is 0 Å². The molecular formula is C26H23N3. The van der Waals surface area contributed by atoms with E-state index in [4.69, 9.17) is 4.98 Å². The number of benzene rings is 2. The highest BCUT2D eigenvalue weighted by Gasteiger charge is 2.12. The van der Waals surface area contributed by atoms with E-state index in [1.165, 1.54) is 22.3 Å². The first-order valence-corrected chi connectivity index (χ1v) is 9.89. The molecule has 3 aromatic heterocycles. The Bertz CT molecular complexity index is 1290. The molecule has 0 aliphatic heterocycles. The molecule has 0 bridgehead atoms. The summed E-state index contributed by atoms with van der Waals surface area (Å²) in [5, 5.41) is 1.15. The second kappa shape index (κ2) is 6.78. The first kappa shape index (κ1) is 17.5. The lowest BCUT2D eigenvalue weighted by Gasteiger charge is -2.15. The van der Waals surface area contributed by atoms with Crippen molar-refractivity contribution in [2.24, 2.45) is 0 Å². The fraction of sp³-hybridized carbons (Fsp3) is 0.115. The molecule has 3 heterocycles. The Morgan fingerprint density at radius 3 is 1.76 bits per heavy atom. The summed E-state index contributed by atoms with van der Waals surface area (Å²) < 4.78 is 4.30. The summed E-state index contributed by atoms with van der Waals surface area (Å²) in [7, 11) is 0. The lowest BCUT2D eigenvalue weighted by atomic mass is 10.00. The molecule has 0 fully saturated rings. The van der Waals surface area contributed by atoms with Gasteiger partial charge in [0.1, 0.15) is 0 Å². The molecular weight excluding hydrogens is 354 g/mol. The quantitative estimate of drug-likeness (QED) is 0.356. The molecule has 0 spiro atoms. The predicted molar refractivity (Wildman–Crippen MR) is 120 cm³/mol. The lowest BCUT2D eigenvalue weighted by molar-refractivity contribution is 1.01. The molecule has 2 aromatic carbocycles. The van der Waals surface area contributed by atoms with Crippen molar-refractivity contribution < 1.29 is 0 Å². The van der Waals surface area contributed by atoms with Crippen LogP contribution in [-0.4, -0.2) is 14.1 Å². The highest BCUT2D eigenvalue weighted by atomic mass is 15.0. The van der Waals surface area contributed by atoms with E-state index in [0.29, 0.717) is 0 Å². The average molecular weight is 377 g/mol. The summed E-state index contributed by atoms with van der Waals surface area (Å²) in [4.78, 5) is 5.10. The minimum atomic E-state index is 1.00. The van der Waals surface area contributed by atoms with Crippen LogP contribution in [0, 0.1) is 20.8 Å². The normalized spacial score (nSPS) is 11.3. The van der Waals surface area contributed by atoms with E-state index < -0.39 is 0 Å². The van der Waals surface area contributed by atoms with Crippen molar-refractivity contribution in [3.05, 3.63) is 102 Å². The van der Waals surface area contributed by atoms with Gasteiger partial charge < -0.3 is 9.13 Å². The van der Waals surface area contributed by atoms with Crippen LogP contribution in [0.15, 0.2) is 85.5 Å². The summed E-state index contributed by atoms with van der Waals surface area (Å²) in [5.41, 5.74) is 9.20. The second-order valence-corrected chi connectivity index (χ2v) is 7.74. The van der Waals surface area contributed by atoms with Gasteiger partial charge in [-0.15, -0.1) is 0 Å². The molecule has 3 nitrogen and oxygen atoms in total. The molecule has 29 heavy (non-hydrogen) atoms. The summed E-state index contributed by atoms with van der Waals surface area (Å²) in [6.07, 6.45) is 8.32. The fourth-order valence-corrected chi connectivity index (χ4v) is 4.11. The first-order valence-electron chi connectivity index (χ1n) is 9.89. The van der Waals surface area contributed by atoms with Gasteiger partial charge in [-0.1, -0.05) is 17.2 Å². The van der Waals surface area contributed by atoms with Crippen molar-refractivity contribution in [2.45, 2.75) is 20.8 Å². The van der Waals surface area contributed by atoms with Crippen molar-refractivity contribution in [1.29, 1.82) is 0 Å². The number of fused-ring (bicyclic) bond motifs is 1. The largest absolute Gasteiger partial charge is 0.322 e. The lowest BCUT2D eigenvalue weighted by Crippen LogP contribution is -2.01. The van der Waals surface area contributed by atoms with E-state index in [1.807, 2.05) is 12.1 Å². The third-order valence-electron chi connectivity index (χ3n) is 5.36. The molecule has 3 heteroatoms. The minimum Gasteiger partial charge on any atom is -0.322 e. The van der Waals surface area contributed by atoms with Gasteiger partial charge in [-0.3, -0.25) is 0 Å². The monoisotopic (exact) mass is 377 g/mol. The van der Waals surface area contributed by atoms with Gasteiger partial charge >= 0.3 is 0 Å². The van der Waals surface area contributed by atoms with Crippen LogP contribution in [0.5, 0.6) is 0 Å². The molecule has 0 saturated heterocycles. The Hall–Kier alpha value is -3.59. The number of hydrogen-bond donors (Lipinski definition) is 0. The highest BCUT2D eigenvalue weighted by Crippen LogP contribution is 2.31. The van der Waals surface area contributed by atoms with Crippen molar-refractivity contribution in [2.75, 3.05) is 0 Å². The van der Waals surface area contributed by atoms with Gasteiger partial charge in [-0.05, 0) is 80.9 Å². The molecule has 5 rings (SSSR count). The van der Waals surface area contributed by atoms with Gasteiger partial charge in [-0.25, -0.2) is 4.98 Å². The molecule has 0 unspecified atom stereocenters. The third kappa shape index (κ3) is 3.15. The standard InChI is InChI=1S/C26H23N3/c1-18-12-19(2)14-22(13-18)26-20(3)15-21-16-24(28-8-4-5-9-28)25(17-23(21)27-26)29-10-6-7-11-29/h4-17H,1-3H3. The van der Waals surface area contributed by atoms with Crippen LogP contribution in [0.1, 0.15) is 16.7 Å². The van der Waals surface area contributed by atoms with E-state index in [0.717, 1.165) is 28.0 Å². The number of aryl methyl sites for hydroxylation is 3. The maximum absolute atomic E-state index is 5.10. The maximum atomic E-state index is 5.10. The van der Waals surface area contributed by atoms with Crippen molar-refractivity contribution in [3.63, 3.8) is 0 Å². The Labute approximate surface area is 170 Å². The average Bonchev–Trinajstić information content (AvgIpc) is 3.39. The van der Waals surface area contributed by atoms with Crippen LogP contribution in [0.25, 0.3) is 33.5 Å². The zero-order chi connectivity index (χ0) is 20.0. The van der Waals surface area contributed by atoms with Gasteiger partial charge in [0.15, 0.2) is 0 Å². The van der Waals surface area contributed by atoms with Crippen LogP contribution < -0.4 is 0 Å². The van der Waals surface area contributed by atoms with Crippen LogP contribution in [-0.2, 0) is 0 Å². The molecule has 0 atom stereocenters. The highest BCUT2D eigenvalue weighted by molar-refractivity contribution is 5.88. The summed E-state index contributed by atoms with van der Waals surface area (Å²) >= 11 is 0. The van der Waals surface area contributed by atoms with Crippen molar-refractivity contribution in [3.8, 4) is 22.6 Å². The minimum absolute atomic E-state index is 1.00. The first-order chi connectivity index (χ1) is 14.1. The van der Waals surface area contributed by atoms with Gasteiger partial charge in [0.2, 0.25) is 0 Å². The zero-order valence-corrected chi connectivity index (χ0v) is 16.9. The molecule has 0 N–H and O–H groups in total. The van der Waals surface area contributed by atoms with E-state index >= 15 is 0 Å². The molecule has 5 aromatic rings. The van der Waals surface area contributed by atoms with E-state index in [1.54, 1.807) is 0 Å². The second-order valence-electron chi connectivity index (χ2n) is 7.74. The number of nitrogens with zero attached hydrogens (tertiary/aromatic N) is 3. The molecule has 0 aliphatic rings. The topological polar surface area (TPSA) is 22.8 Å². The Morgan fingerprint density at radius 2 is 1.17 bits per heavy atom. The van der Waals surface area contributed by atoms with Gasteiger partial charge in [-0.2, -0.15) is 0 Å². The van der Waals surface area contributed by atoms with Crippen molar-refractivity contribution >= 4 is 10.9 Å². The van der Waals surface area contributed by atoms with E-state index in [2.05, 4.69) is 103 Å². The van der Waals surface area contributed by atoms with Crippen LogP contribution in [0.3, 0.4) is 0 Å². The Balaban J connectivity index is 1.77. The number of aromatic nitrogens is 3. The van der Waals surface area contributed by atoms with Gasteiger partial charge in [0.25, 0.3) is 0 Å². The SMILES string of the molecule is Cc1cc(C)cc(-c2nc3cc(-n4cccc4)c(-n4cccc4)cc3cc2C)c1. The predicted octanol–water partition coefficient (Wildman–Crippen LogP) is 6.41. The van der Waals surface area contributed by atoms with Crippen LogP contribution in [0.4, 0.5) is 0 Å². The zero-order valence-electron chi connectivity index (χ0n) is 16.9. The summed E-state index contributed by atoms with van der Waals surface area (Å²) in [6, 6.07) is 21.5.